The zero-order valence-corrected chi connectivity index (χ0v) is 9.77. The molecule has 17 heavy (non-hydrogen) atoms. The molecule has 3 aromatic rings. The van der Waals surface area contributed by atoms with Gasteiger partial charge in [-0.05, 0) is 46.2 Å². The van der Waals surface area contributed by atoms with Gasteiger partial charge in [0.2, 0.25) is 0 Å². The van der Waals surface area contributed by atoms with Gasteiger partial charge < -0.3 is 0 Å². The van der Waals surface area contributed by atoms with Crippen LogP contribution in [0.15, 0.2) is 60.7 Å². The summed E-state index contributed by atoms with van der Waals surface area (Å²) >= 11 is 0. The average molecular weight is 217 g/mol. The second-order valence-corrected chi connectivity index (χ2v) is 4.13. The van der Waals surface area contributed by atoms with Gasteiger partial charge in [0, 0.05) is 0 Å². The molecule has 0 aromatic heterocycles. The highest BCUT2D eigenvalue weighted by molar-refractivity contribution is 6.03. The molecule has 0 heteroatoms. The van der Waals surface area contributed by atoms with Gasteiger partial charge in [-0.1, -0.05) is 54.6 Å². The summed E-state index contributed by atoms with van der Waals surface area (Å²) in [6, 6.07) is 19.2. The summed E-state index contributed by atoms with van der Waals surface area (Å²) in [6.45, 7) is 2.01. The van der Waals surface area contributed by atoms with E-state index in [1.54, 1.807) is 0 Å². The molecule has 0 fully saturated rings. The lowest BCUT2D eigenvalue weighted by atomic mass is 9.96. The van der Waals surface area contributed by atoms with Crippen molar-refractivity contribution in [3.05, 3.63) is 72.3 Å². The molecular weight excluding hydrogens is 204 g/mol. The van der Waals surface area contributed by atoms with Gasteiger partial charge in [0.15, 0.2) is 0 Å². The van der Waals surface area contributed by atoms with Crippen molar-refractivity contribution in [2.75, 3.05) is 0 Å². The largest absolute Gasteiger partial charge is 0.0791 e. The number of hydrogen-bond acceptors (Lipinski definition) is 0. The lowest BCUT2D eigenvalue weighted by Crippen LogP contribution is -1.83. The molecule has 0 unspecified atom stereocenters. The predicted octanol–water partition coefficient (Wildman–Crippen LogP) is 4.72. The van der Waals surface area contributed by atoms with Crippen LogP contribution in [0.2, 0.25) is 0 Å². The van der Waals surface area contributed by atoms with Crippen molar-refractivity contribution in [3.63, 3.8) is 0 Å². The highest BCUT2D eigenvalue weighted by atomic mass is 14.1. The third-order valence-electron chi connectivity index (χ3n) is 3.06. The Morgan fingerprint density at radius 3 is 1.88 bits per heavy atom. The highest BCUT2D eigenvalue weighted by Crippen LogP contribution is 2.28. The van der Waals surface area contributed by atoms with Gasteiger partial charge in [-0.2, -0.15) is 0 Å². The molecule has 0 spiro atoms. The molecule has 0 nitrogen and oxygen atoms in total. The molecule has 0 bridgehead atoms. The van der Waals surface area contributed by atoms with Gasteiger partial charge in [-0.15, -0.1) is 0 Å². The maximum atomic E-state index is 3.37. The van der Waals surface area contributed by atoms with E-state index < -0.39 is 0 Å². The van der Waals surface area contributed by atoms with Crippen molar-refractivity contribution >= 4 is 21.5 Å². The smallest absolute Gasteiger partial charge is 0.00240 e. The molecule has 0 heterocycles. The number of fused-ring (bicyclic) bond motifs is 2. The van der Waals surface area contributed by atoms with Crippen LogP contribution in [0.4, 0.5) is 0 Å². The summed E-state index contributed by atoms with van der Waals surface area (Å²) in [4.78, 5) is 0. The van der Waals surface area contributed by atoms with E-state index in [4.69, 9.17) is 0 Å². The minimum Gasteiger partial charge on any atom is -0.0791 e. The van der Waals surface area contributed by atoms with Crippen LogP contribution >= 0.6 is 0 Å². The Labute approximate surface area is 101 Å². The summed E-state index contributed by atoms with van der Waals surface area (Å²) in [5.41, 5.74) is 1.20. The third kappa shape index (κ3) is 1.62. The van der Waals surface area contributed by atoms with E-state index in [9.17, 15) is 0 Å². The Kier molecular flexibility index (Phi) is 2.41. The molecule has 0 saturated carbocycles. The Balaban J connectivity index is 2.56. The Morgan fingerprint density at radius 1 is 0.824 bits per heavy atom. The summed E-state index contributed by atoms with van der Waals surface area (Å²) < 4.78 is 0. The maximum Gasteiger partial charge on any atom is -0.00240 e. The molecule has 0 saturated heterocycles. The highest BCUT2D eigenvalue weighted by Gasteiger charge is 2.04. The topological polar surface area (TPSA) is 0 Å². The van der Waals surface area contributed by atoms with Crippen LogP contribution in [0.3, 0.4) is 0 Å². The summed E-state index contributed by atoms with van der Waals surface area (Å²) in [7, 11) is 0. The van der Waals surface area contributed by atoms with E-state index in [-0.39, 0.29) is 0 Å². The summed E-state index contributed by atoms with van der Waals surface area (Å²) in [5.74, 6) is 0. The van der Waals surface area contributed by atoms with Crippen LogP contribution in [0.25, 0.3) is 21.5 Å². The van der Waals surface area contributed by atoms with E-state index in [0.717, 1.165) is 0 Å². The van der Waals surface area contributed by atoms with Gasteiger partial charge in [0.1, 0.15) is 0 Å². The fourth-order valence-electron chi connectivity index (χ4n) is 2.31. The van der Waals surface area contributed by atoms with E-state index >= 15 is 0 Å². The first-order valence-electron chi connectivity index (χ1n) is 5.85. The third-order valence-corrected chi connectivity index (χ3v) is 3.06. The minimum absolute atomic E-state index is 1.20. The quantitative estimate of drug-likeness (QED) is 0.517. The molecule has 0 atom stereocenters. The fourth-order valence-corrected chi connectivity index (χ4v) is 2.31. The zero-order chi connectivity index (χ0) is 11.7. The van der Waals surface area contributed by atoms with Crippen molar-refractivity contribution in [2.24, 2.45) is 0 Å². The first-order chi connectivity index (χ1) is 8.40. The molecule has 0 amide bonds. The van der Waals surface area contributed by atoms with Gasteiger partial charge in [0.05, 0.1) is 0 Å². The Hall–Kier alpha value is -2.08. The maximum absolute atomic E-state index is 3.37. The van der Waals surface area contributed by atoms with Crippen molar-refractivity contribution in [1.29, 1.82) is 0 Å². The molecular formula is C17H13. The molecule has 3 rings (SSSR count). The molecule has 0 aliphatic carbocycles. The molecule has 1 radical (unpaired) electrons. The molecule has 81 valence electrons. The monoisotopic (exact) mass is 217 g/mol. The van der Waals surface area contributed by atoms with Crippen LogP contribution in [0.5, 0.6) is 0 Å². The first kappa shape index (κ1) is 10.1. The predicted molar refractivity (Wildman–Crippen MR) is 74.0 cm³/mol. The van der Waals surface area contributed by atoms with Gasteiger partial charge >= 0.3 is 0 Å². The normalized spacial score (nSPS) is 11.6. The summed E-state index contributed by atoms with van der Waals surface area (Å²) in [5, 5.41) is 5.08. The van der Waals surface area contributed by atoms with E-state index in [1.165, 1.54) is 27.1 Å². The number of hydrogen-bond donors (Lipinski definition) is 0. The number of allylic oxidation sites excluding steroid dienone is 1. The second kappa shape index (κ2) is 4.06. The van der Waals surface area contributed by atoms with Crippen LogP contribution in [0.1, 0.15) is 12.5 Å². The van der Waals surface area contributed by atoms with Crippen molar-refractivity contribution in [2.45, 2.75) is 6.92 Å². The van der Waals surface area contributed by atoms with Crippen LogP contribution in [0, 0.1) is 6.08 Å². The lowest BCUT2D eigenvalue weighted by molar-refractivity contribution is 1.62. The number of rotatable bonds is 1. The second-order valence-electron chi connectivity index (χ2n) is 4.13. The number of benzene rings is 3. The molecule has 0 N–H and O–H groups in total. The van der Waals surface area contributed by atoms with E-state index in [2.05, 4.69) is 60.7 Å². The van der Waals surface area contributed by atoms with Crippen LogP contribution < -0.4 is 0 Å². The first-order valence-corrected chi connectivity index (χ1v) is 5.85. The van der Waals surface area contributed by atoms with E-state index in [0.29, 0.717) is 0 Å². The fraction of sp³-hybridized carbons (Fsp3) is 0.0588. The zero-order valence-electron chi connectivity index (χ0n) is 9.77. The van der Waals surface area contributed by atoms with Gasteiger partial charge in [0.25, 0.3) is 0 Å². The SMILES string of the molecule is C/C=[C]/c1c2ccccc2cc2ccccc12. The van der Waals surface area contributed by atoms with Crippen molar-refractivity contribution in [1.82, 2.24) is 0 Å². The Bertz CT molecular complexity index is 651. The molecule has 0 aliphatic rings. The average Bonchev–Trinajstić information content (AvgIpc) is 2.39. The standard InChI is InChI=1S/C17H13/c1-2-7-17-15-10-5-3-8-13(15)12-14-9-4-6-11-16(14)17/h2-6,8-12H,1H3. The molecule has 0 aliphatic heterocycles. The minimum atomic E-state index is 1.20. The Morgan fingerprint density at radius 2 is 1.35 bits per heavy atom. The molecule has 3 aromatic carbocycles. The van der Waals surface area contributed by atoms with Gasteiger partial charge in [-0.25, -0.2) is 0 Å². The van der Waals surface area contributed by atoms with Crippen molar-refractivity contribution < 1.29 is 0 Å². The van der Waals surface area contributed by atoms with Gasteiger partial charge in [-0.3, -0.25) is 0 Å². The van der Waals surface area contributed by atoms with Crippen LogP contribution in [-0.2, 0) is 0 Å². The van der Waals surface area contributed by atoms with Crippen LogP contribution in [-0.4, -0.2) is 0 Å². The van der Waals surface area contributed by atoms with Crippen molar-refractivity contribution in [3.8, 4) is 0 Å². The van der Waals surface area contributed by atoms with E-state index in [1.807, 2.05) is 13.0 Å². The summed E-state index contributed by atoms with van der Waals surface area (Å²) in [6.07, 6.45) is 5.35. The lowest BCUT2D eigenvalue weighted by Gasteiger charge is -2.07.